The fourth-order valence-electron chi connectivity index (χ4n) is 3.75. The van der Waals surface area contributed by atoms with Crippen molar-refractivity contribution in [2.75, 3.05) is 25.5 Å². The maximum absolute atomic E-state index is 12.8. The van der Waals surface area contributed by atoms with Crippen molar-refractivity contribution < 1.29 is 13.9 Å². The van der Waals surface area contributed by atoms with Crippen LogP contribution in [0.3, 0.4) is 0 Å². The van der Waals surface area contributed by atoms with Gasteiger partial charge in [0.05, 0.1) is 25.3 Å². The second-order valence-electron chi connectivity index (χ2n) is 7.58. The Morgan fingerprint density at radius 2 is 2.13 bits per heavy atom. The number of carbonyl (C=O) groups excluding carboxylic acids is 1. The molecule has 1 fully saturated rings. The Balaban J connectivity index is 1.43. The van der Waals surface area contributed by atoms with Crippen molar-refractivity contribution in [3.8, 4) is 17.2 Å². The highest BCUT2D eigenvalue weighted by molar-refractivity contribution is 7.71. The molecule has 0 aliphatic carbocycles. The monoisotopic (exact) mass is 439 g/mol. The van der Waals surface area contributed by atoms with Gasteiger partial charge in [0, 0.05) is 12.2 Å². The fraction of sp³-hybridized carbons (Fsp3) is 0.364. The molecule has 1 amide bonds. The van der Waals surface area contributed by atoms with Crippen molar-refractivity contribution in [2.45, 2.75) is 26.4 Å². The quantitative estimate of drug-likeness (QED) is 0.583. The summed E-state index contributed by atoms with van der Waals surface area (Å²) in [5, 5.41) is 7.48. The molecule has 1 aliphatic rings. The maximum atomic E-state index is 12.8. The number of methoxy groups -OCH3 is 1. The molecule has 1 aliphatic heterocycles. The summed E-state index contributed by atoms with van der Waals surface area (Å²) in [6.07, 6.45) is 1.76. The van der Waals surface area contributed by atoms with Gasteiger partial charge in [-0.05, 0) is 62.8 Å². The van der Waals surface area contributed by atoms with Gasteiger partial charge in [-0.2, -0.15) is 0 Å². The first-order chi connectivity index (χ1) is 15.0. The molecule has 31 heavy (non-hydrogen) atoms. The third-order valence-electron chi connectivity index (χ3n) is 5.29. The Hall–Kier alpha value is -3.04. The number of benzene rings is 1. The third-order valence-corrected chi connectivity index (χ3v) is 5.59. The number of para-hydroxylation sites is 1. The molecule has 9 heteroatoms. The number of hydrogen-bond acceptors (Lipinski definition) is 7. The van der Waals surface area contributed by atoms with Crippen molar-refractivity contribution in [3.05, 3.63) is 53.0 Å². The summed E-state index contributed by atoms with van der Waals surface area (Å²) in [4.78, 5) is 19.6. The first-order valence-corrected chi connectivity index (χ1v) is 10.6. The standard InChI is InChI=1S/C22H25N5O3S/c1-15-7-5-11-19(23-15)24-20(28)16-8-6-12-26(13-16)14-27-22(31)30-21(25-27)17-9-3-4-10-18(17)29-2/h3-5,7,9-11,16H,6,8,12-14H2,1-2H3,(H,23,24,28)/t16-/m0/s1. The largest absolute Gasteiger partial charge is 0.496 e. The lowest BCUT2D eigenvalue weighted by Crippen LogP contribution is -2.41. The number of rotatable bonds is 6. The van der Waals surface area contributed by atoms with Crippen LogP contribution in [0.4, 0.5) is 5.82 Å². The number of amides is 1. The number of carbonyl (C=O) groups is 1. The van der Waals surface area contributed by atoms with E-state index in [0.29, 0.717) is 30.7 Å². The van der Waals surface area contributed by atoms with Crippen LogP contribution in [0.5, 0.6) is 5.75 Å². The van der Waals surface area contributed by atoms with Gasteiger partial charge in [0.25, 0.3) is 10.7 Å². The smallest absolute Gasteiger partial charge is 0.288 e. The summed E-state index contributed by atoms with van der Waals surface area (Å²) in [5.41, 5.74) is 1.62. The van der Waals surface area contributed by atoms with Crippen molar-refractivity contribution in [1.29, 1.82) is 0 Å². The molecule has 2 aromatic heterocycles. The van der Waals surface area contributed by atoms with Gasteiger partial charge < -0.3 is 14.5 Å². The molecule has 1 saturated heterocycles. The minimum atomic E-state index is -0.120. The van der Waals surface area contributed by atoms with Crippen LogP contribution in [0.2, 0.25) is 0 Å². The van der Waals surface area contributed by atoms with E-state index in [1.807, 2.05) is 43.3 Å². The first-order valence-electron chi connectivity index (χ1n) is 10.2. The minimum Gasteiger partial charge on any atom is -0.496 e. The molecule has 1 atom stereocenters. The summed E-state index contributed by atoms with van der Waals surface area (Å²) in [7, 11) is 1.61. The Morgan fingerprint density at radius 1 is 1.29 bits per heavy atom. The van der Waals surface area contributed by atoms with E-state index in [-0.39, 0.29) is 16.7 Å². The summed E-state index contributed by atoms with van der Waals surface area (Å²) in [6.45, 7) is 3.85. The van der Waals surface area contributed by atoms with Crippen LogP contribution in [0, 0.1) is 17.7 Å². The van der Waals surface area contributed by atoms with Crippen molar-refractivity contribution in [3.63, 3.8) is 0 Å². The number of piperidine rings is 1. The highest BCUT2D eigenvalue weighted by Gasteiger charge is 2.27. The summed E-state index contributed by atoms with van der Waals surface area (Å²) in [5.74, 6) is 1.54. The van der Waals surface area contributed by atoms with Gasteiger partial charge >= 0.3 is 0 Å². The SMILES string of the molecule is COc1ccccc1-c1nn(CN2CCC[C@H](C(=O)Nc3cccc(C)n3)C2)c(=S)o1. The lowest BCUT2D eigenvalue weighted by atomic mass is 9.97. The fourth-order valence-corrected chi connectivity index (χ4v) is 3.93. The average molecular weight is 440 g/mol. The number of nitrogens with zero attached hydrogens (tertiary/aromatic N) is 4. The summed E-state index contributed by atoms with van der Waals surface area (Å²) >= 11 is 5.38. The molecular weight excluding hydrogens is 414 g/mol. The molecule has 3 heterocycles. The molecule has 3 aromatic rings. The van der Waals surface area contributed by atoms with E-state index < -0.39 is 0 Å². The molecule has 162 valence electrons. The number of aryl methyl sites for hydroxylation is 1. The number of pyridine rings is 1. The van der Waals surface area contributed by atoms with Crippen LogP contribution in [-0.2, 0) is 11.5 Å². The predicted molar refractivity (Wildman–Crippen MR) is 119 cm³/mol. The van der Waals surface area contributed by atoms with Crippen LogP contribution in [0.1, 0.15) is 18.5 Å². The Labute approximate surface area is 185 Å². The Morgan fingerprint density at radius 3 is 2.94 bits per heavy atom. The number of hydrogen-bond donors (Lipinski definition) is 1. The molecule has 1 N–H and O–H groups in total. The van der Waals surface area contributed by atoms with Crippen LogP contribution in [0.25, 0.3) is 11.5 Å². The Bertz CT molecular complexity index is 1130. The molecule has 8 nitrogen and oxygen atoms in total. The van der Waals surface area contributed by atoms with E-state index in [9.17, 15) is 4.79 Å². The maximum Gasteiger partial charge on any atom is 0.288 e. The van der Waals surface area contributed by atoms with E-state index in [1.165, 1.54) is 0 Å². The number of anilines is 1. The lowest BCUT2D eigenvalue weighted by molar-refractivity contribution is -0.121. The van der Waals surface area contributed by atoms with Gasteiger partial charge in [0.2, 0.25) is 5.91 Å². The topological polar surface area (TPSA) is 85.4 Å². The first kappa shape index (κ1) is 21.2. The summed E-state index contributed by atoms with van der Waals surface area (Å²) in [6, 6.07) is 13.1. The molecule has 1 aromatic carbocycles. The second kappa shape index (κ2) is 9.40. The van der Waals surface area contributed by atoms with E-state index >= 15 is 0 Å². The van der Waals surface area contributed by atoms with Gasteiger partial charge in [-0.25, -0.2) is 9.67 Å². The predicted octanol–water partition coefficient (Wildman–Crippen LogP) is 3.89. The highest BCUT2D eigenvalue weighted by atomic mass is 32.1. The molecular formula is C22H25N5O3S. The number of aromatic nitrogens is 3. The molecule has 0 saturated carbocycles. The van der Waals surface area contributed by atoms with E-state index in [1.54, 1.807) is 17.9 Å². The third kappa shape index (κ3) is 5.00. The van der Waals surface area contributed by atoms with Crippen LogP contribution < -0.4 is 10.1 Å². The number of likely N-dealkylation sites (tertiary alicyclic amines) is 1. The lowest BCUT2D eigenvalue weighted by Gasteiger charge is -2.31. The van der Waals surface area contributed by atoms with E-state index in [4.69, 9.17) is 21.4 Å². The Kier molecular flexibility index (Phi) is 6.43. The highest BCUT2D eigenvalue weighted by Crippen LogP contribution is 2.28. The normalized spacial score (nSPS) is 16.8. The van der Waals surface area contributed by atoms with E-state index in [2.05, 4.69) is 20.3 Å². The zero-order chi connectivity index (χ0) is 21.8. The van der Waals surface area contributed by atoms with Gasteiger partial charge in [-0.15, -0.1) is 5.10 Å². The average Bonchev–Trinajstić information content (AvgIpc) is 3.14. The van der Waals surface area contributed by atoms with Gasteiger partial charge in [-0.3, -0.25) is 9.69 Å². The molecule has 0 bridgehead atoms. The van der Waals surface area contributed by atoms with Crippen LogP contribution in [0.15, 0.2) is 46.9 Å². The molecule has 0 radical (unpaired) electrons. The van der Waals surface area contributed by atoms with Crippen molar-refractivity contribution in [1.82, 2.24) is 19.7 Å². The molecule has 4 rings (SSSR count). The minimum absolute atomic E-state index is 0.0127. The van der Waals surface area contributed by atoms with Gasteiger partial charge in [0.15, 0.2) is 0 Å². The van der Waals surface area contributed by atoms with Gasteiger partial charge in [0.1, 0.15) is 11.6 Å². The number of nitrogens with one attached hydrogen (secondary N) is 1. The molecule has 0 spiro atoms. The van der Waals surface area contributed by atoms with Crippen molar-refractivity contribution in [2.24, 2.45) is 5.92 Å². The van der Waals surface area contributed by atoms with Crippen LogP contribution in [-0.4, -0.2) is 45.8 Å². The molecule has 0 unspecified atom stereocenters. The van der Waals surface area contributed by atoms with Crippen LogP contribution >= 0.6 is 12.2 Å². The van der Waals surface area contributed by atoms with Crippen molar-refractivity contribution >= 4 is 23.9 Å². The number of ether oxygens (including phenoxy) is 1. The zero-order valence-electron chi connectivity index (χ0n) is 17.6. The zero-order valence-corrected chi connectivity index (χ0v) is 18.4. The van der Waals surface area contributed by atoms with E-state index in [0.717, 1.165) is 30.6 Å². The summed E-state index contributed by atoms with van der Waals surface area (Å²) < 4.78 is 12.8. The van der Waals surface area contributed by atoms with Gasteiger partial charge in [-0.1, -0.05) is 18.2 Å². The second-order valence-corrected chi connectivity index (χ2v) is 7.93.